The summed E-state index contributed by atoms with van der Waals surface area (Å²) in [5.41, 5.74) is 1.08. The minimum absolute atomic E-state index is 0.111. The first-order chi connectivity index (χ1) is 12.1. The Kier molecular flexibility index (Phi) is 4.39. The van der Waals surface area contributed by atoms with Gasteiger partial charge in [0.05, 0.1) is 5.97 Å². The number of ether oxygens (including phenoxy) is 2. The molecule has 3 rings (SSSR count). The summed E-state index contributed by atoms with van der Waals surface area (Å²) >= 11 is 0. The predicted molar refractivity (Wildman–Crippen MR) is 85.9 cm³/mol. The molecule has 26 heavy (non-hydrogen) atoms. The van der Waals surface area contributed by atoms with Gasteiger partial charge in [-0.2, -0.15) is 13.2 Å². The van der Waals surface area contributed by atoms with E-state index in [1.165, 1.54) is 18.2 Å². The van der Waals surface area contributed by atoms with Crippen molar-refractivity contribution in [3.8, 4) is 17.2 Å². The number of fused-ring (bicyclic) bond motifs is 1. The first kappa shape index (κ1) is 17.8. The molecule has 1 aliphatic heterocycles. The van der Waals surface area contributed by atoms with Crippen molar-refractivity contribution in [1.29, 1.82) is 0 Å². The van der Waals surface area contributed by atoms with Crippen LogP contribution in [0.25, 0.3) is 6.08 Å². The molecule has 0 spiro atoms. The Bertz CT molecular complexity index is 900. The minimum Gasteiger partial charge on any atom is -0.545 e. The highest BCUT2D eigenvalue weighted by Crippen LogP contribution is 2.39. The molecule has 0 radical (unpaired) electrons. The number of hydrogen-bond acceptors (Lipinski definition) is 4. The first-order valence-electron chi connectivity index (χ1n) is 7.70. The Hall–Kier alpha value is -2.96. The van der Waals surface area contributed by atoms with Gasteiger partial charge in [0, 0.05) is 17.2 Å². The van der Waals surface area contributed by atoms with Crippen molar-refractivity contribution in [3.05, 3.63) is 58.7 Å². The Labute approximate surface area is 147 Å². The molecule has 1 unspecified atom stereocenters. The van der Waals surface area contributed by atoms with Crippen molar-refractivity contribution in [3.63, 3.8) is 0 Å². The van der Waals surface area contributed by atoms with Crippen LogP contribution in [0.2, 0.25) is 0 Å². The molecule has 0 aromatic heterocycles. The summed E-state index contributed by atoms with van der Waals surface area (Å²) in [6, 6.07) is 9.86. The molecule has 0 aliphatic carbocycles. The summed E-state index contributed by atoms with van der Waals surface area (Å²) in [7, 11) is 0. The van der Waals surface area contributed by atoms with Crippen LogP contribution in [0.15, 0.2) is 42.0 Å². The molecule has 2 aromatic carbocycles. The second-order valence-corrected chi connectivity index (χ2v) is 6.00. The molecule has 1 heterocycles. The minimum atomic E-state index is -4.88. The van der Waals surface area contributed by atoms with Crippen molar-refractivity contribution in [2.24, 2.45) is 0 Å². The van der Waals surface area contributed by atoms with Gasteiger partial charge in [0.15, 0.2) is 0 Å². The van der Waals surface area contributed by atoms with Crippen LogP contribution in [-0.4, -0.2) is 18.2 Å². The summed E-state index contributed by atoms with van der Waals surface area (Å²) in [6.45, 7) is 3.74. The zero-order valence-electron chi connectivity index (χ0n) is 13.9. The van der Waals surface area contributed by atoms with Crippen LogP contribution in [0.5, 0.6) is 17.2 Å². The van der Waals surface area contributed by atoms with Gasteiger partial charge >= 0.3 is 6.18 Å². The number of rotatable bonds is 3. The summed E-state index contributed by atoms with van der Waals surface area (Å²) in [5, 5.41) is 11.0. The number of halogens is 3. The van der Waals surface area contributed by atoms with Crippen LogP contribution in [0.3, 0.4) is 0 Å². The molecular weight excluding hydrogens is 349 g/mol. The zero-order valence-corrected chi connectivity index (χ0v) is 13.9. The summed E-state index contributed by atoms with van der Waals surface area (Å²) in [5.74, 6) is -1.18. The van der Waals surface area contributed by atoms with E-state index in [2.05, 4.69) is 0 Å². The van der Waals surface area contributed by atoms with Crippen LogP contribution in [0.1, 0.15) is 16.7 Å². The number of aliphatic carboxylic acids is 1. The van der Waals surface area contributed by atoms with Crippen molar-refractivity contribution < 1.29 is 32.5 Å². The average molecular weight is 363 g/mol. The quantitative estimate of drug-likeness (QED) is 0.837. The lowest BCUT2D eigenvalue weighted by Gasteiger charge is -2.29. The Balaban J connectivity index is 1.97. The standard InChI is InChI=1S/C19H15F3O4/c1-10-3-4-11(2)15(7-10)25-13-6-5-12-8-14(18(23)24)17(19(20,21)22)26-16(12)9-13/h3-9,17H,1-2H3,(H,23,24)/p-1. The number of aryl methyl sites for hydroxylation is 2. The predicted octanol–water partition coefficient (Wildman–Crippen LogP) is 3.55. The maximum atomic E-state index is 13.1. The molecule has 1 aliphatic rings. The molecule has 2 aromatic rings. The van der Waals surface area contributed by atoms with E-state index < -0.39 is 23.8 Å². The number of hydrogen-bond donors (Lipinski definition) is 0. The van der Waals surface area contributed by atoms with Gasteiger partial charge in [-0.1, -0.05) is 12.1 Å². The third kappa shape index (κ3) is 3.51. The second-order valence-electron chi connectivity index (χ2n) is 6.00. The molecule has 0 saturated heterocycles. The zero-order chi connectivity index (χ0) is 19.1. The topological polar surface area (TPSA) is 58.6 Å². The van der Waals surface area contributed by atoms with Gasteiger partial charge < -0.3 is 19.4 Å². The third-order valence-electron chi connectivity index (χ3n) is 3.93. The molecule has 7 heteroatoms. The second kappa shape index (κ2) is 6.40. The van der Waals surface area contributed by atoms with Crippen LogP contribution >= 0.6 is 0 Å². The van der Waals surface area contributed by atoms with Crippen LogP contribution in [0.4, 0.5) is 13.2 Å². The van der Waals surface area contributed by atoms with E-state index in [1.54, 1.807) is 0 Å². The fraction of sp³-hybridized carbons (Fsp3) is 0.211. The molecule has 1 atom stereocenters. The van der Waals surface area contributed by atoms with Gasteiger partial charge in [-0.05, 0) is 49.2 Å². The number of carboxylic acids is 1. The van der Waals surface area contributed by atoms with Gasteiger partial charge in [0.25, 0.3) is 0 Å². The van der Waals surface area contributed by atoms with E-state index in [0.29, 0.717) is 5.75 Å². The van der Waals surface area contributed by atoms with E-state index >= 15 is 0 Å². The van der Waals surface area contributed by atoms with Gasteiger partial charge in [-0.15, -0.1) is 0 Å². The van der Waals surface area contributed by atoms with Crippen LogP contribution < -0.4 is 14.6 Å². The average Bonchev–Trinajstić information content (AvgIpc) is 2.56. The van der Waals surface area contributed by atoms with Crippen molar-refractivity contribution in [2.75, 3.05) is 0 Å². The van der Waals surface area contributed by atoms with Gasteiger partial charge in [0.1, 0.15) is 17.2 Å². The SMILES string of the molecule is Cc1ccc(C)c(Oc2ccc3c(c2)OC(C(F)(F)F)C(C(=O)[O-])=C3)c1. The molecule has 136 valence electrons. The molecule has 0 fully saturated rings. The van der Waals surface area contributed by atoms with Crippen molar-refractivity contribution >= 4 is 12.0 Å². The molecule has 4 nitrogen and oxygen atoms in total. The van der Waals surface area contributed by atoms with E-state index in [1.807, 2.05) is 32.0 Å². The lowest BCUT2D eigenvalue weighted by molar-refractivity contribution is -0.302. The van der Waals surface area contributed by atoms with E-state index in [4.69, 9.17) is 9.47 Å². The largest absolute Gasteiger partial charge is 0.545 e. The number of carbonyl (C=O) groups is 1. The highest BCUT2D eigenvalue weighted by Gasteiger charge is 2.46. The van der Waals surface area contributed by atoms with Gasteiger partial charge in [0.2, 0.25) is 6.10 Å². The molecule has 0 bridgehead atoms. The Morgan fingerprint density at radius 2 is 1.88 bits per heavy atom. The van der Waals surface area contributed by atoms with Gasteiger partial charge in [-0.3, -0.25) is 0 Å². The number of benzene rings is 2. The molecule has 0 N–H and O–H groups in total. The van der Waals surface area contributed by atoms with E-state index in [0.717, 1.165) is 17.2 Å². The normalized spacial score (nSPS) is 16.3. The monoisotopic (exact) mass is 363 g/mol. The fourth-order valence-electron chi connectivity index (χ4n) is 2.59. The van der Waals surface area contributed by atoms with Gasteiger partial charge in [-0.25, -0.2) is 0 Å². The highest BCUT2D eigenvalue weighted by molar-refractivity contribution is 5.93. The molecular formula is C19H14F3O4-. The fourth-order valence-corrected chi connectivity index (χ4v) is 2.59. The smallest absolute Gasteiger partial charge is 0.429 e. The van der Waals surface area contributed by atoms with Crippen molar-refractivity contribution in [2.45, 2.75) is 26.1 Å². The third-order valence-corrected chi connectivity index (χ3v) is 3.93. The highest BCUT2D eigenvalue weighted by atomic mass is 19.4. The summed E-state index contributed by atoms with van der Waals surface area (Å²) in [4.78, 5) is 11.0. The maximum absolute atomic E-state index is 13.1. The molecule has 0 amide bonds. The Morgan fingerprint density at radius 3 is 2.54 bits per heavy atom. The number of alkyl halides is 3. The van der Waals surface area contributed by atoms with E-state index in [9.17, 15) is 23.1 Å². The first-order valence-corrected chi connectivity index (χ1v) is 7.70. The lowest BCUT2D eigenvalue weighted by atomic mass is 10.0. The van der Waals surface area contributed by atoms with Crippen LogP contribution in [-0.2, 0) is 4.79 Å². The Morgan fingerprint density at radius 1 is 1.15 bits per heavy atom. The maximum Gasteiger partial charge on any atom is 0.429 e. The van der Waals surface area contributed by atoms with Crippen LogP contribution in [0, 0.1) is 13.8 Å². The number of carboxylic acid groups (broad SMARTS) is 1. The van der Waals surface area contributed by atoms with E-state index in [-0.39, 0.29) is 17.1 Å². The lowest BCUT2D eigenvalue weighted by Crippen LogP contribution is -2.44. The number of carbonyl (C=O) groups excluding carboxylic acids is 1. The summed E-state index contributed by atoms with van der Waals surface area (Å²) in [6.07, 6.45) is -6.56. The molecule has 0 saturated carbocycles. The van der Waals surface area contributed by atoms with Crippen molar-refractivity contribution in [1.82, 2.24) is 0 Å². The summed E-state index contributed by atoms with van der Waals surface area (Å²) < 4.78 is 50.0.